The lowest BCUT2D eigenvalue weighted by molar-refractivity contribution is 0.0671. The predicted molar refractivity (Wildman–Crippen MR) is 58.2 cm³/mol. The molecule has 2 heterocycles. The van der Waals surface area contributed by atoms with Crippen molar-refractivity contribution in [2.75, 3.05) is 13.2 Å². The number of carbonyl (C=O) groups excluding carboxylic acids is 1. The van der Waals surface area contributed by atoms with Crippen molar-refractivity contribution in [1.29, 1.82) is 0 Å². The summed E-state index contributed by atoms with van der Waals surface area (Å²) in [5, 5.41) is 9.12. The van der Waals surface area contributed by atoms with Crippen LogP contribution in [0.1, 0.15) is 23.3 Å². The minimum Gasteiger partial charge on any atom is -0.394 e. The van der Waals surface area contributed by atoms with Gasteiger partial charge in [0.25, 0.3) is 5.91 Å². The van der Waals surface area contributed by atoms with E-state index in [2.05, 4.69) is 4.98 Å². The van der Waals surface area contributed by atoms with E-state index in [1.54, 1.807) is 17.0 Å². The maximum atomic E-state index is 12.0. The first kappa shape index (κ1) is 10.9. The molecule has 2 rings (SSSR count). The van der Waals surface area contributed by atoms with Crippen LogP contribution >= 0.6 is 0 Å². The van der Waals surface area contributed by atoms with Crippen LogP contribution in [0.5, 0.6) is 0 Å². The van der Waals surface area contributed by atoms with Gasteiger partial charge in [-0.1, -0.05) is 6.07 Å². The second kappa shape index (κ2) is 4.49. The molecule has 1 atom stereocenters. The highest BCUT2D eigenvalue weighted by Gasteiger charge is 2.28. The van der Waals surface area contributed by atoms with Gasteiger partial charge in [-0.05, 0) is 18.9 Å². The molecule has 0 bridgehead atoms. The quantitative estimate of drug-likeness (QED) is 0.738. The van der Waals surface area contributed by atoms with Gasteiger partial charge in [0.05, 0.1) is 12.6 Å². The molecule has 1 aliphatic heterocycles. The number of aliphatic hydroxyl groups is 1. The molecule has 0 aromatic carbocycles. The Morgan fingerprint density at radius 1 is 1.56 bits per heavy atom. The Balaban J connectivity index is 2.22. The molecule has 5 nitrogen and oxygen atoms in total. The molecule has 1 aromatic rings. The van der Waals surface area contributed by atoms with Crippen molar-refractivity contribution in [2.24, 2.45) is 0 Å². The standard InChI is InChI=1S/C11H14N2O3/c14-7-8-3-2-6-13(8)11(16)9-4-1-5-10(15)12-9/h1,4-5,8,14H,2-3,6-7H2,(H,12,15). The van der Waals surface area contributed by atoms with Gasteiger partial charge < -0.3 is 15.0 Å². The fraction of sp³-hybridized carbons (Fsp3) is 0.455. The number of hydrogen-bond donors (Lipinski definition) is 2. The van der Waals surface area contributed by atoms with Crippen molar-refractivity contribution in [3.63, 3.8) is 0 Å². The summed E-state index contributed by atoms with van der Waals surface area (Å²) in [6.07, 6.45) is 1.72. The van der Waals surface area contributed by atoms with Crippen LogP contribution in [0.2, 0.25) is 0 Å². The van der Waals surface area contributed by atoms with Crippen LogP contribution in [0, 0.1) is 0 Å². The van der Waals surface area contributed by atoms with Gasteiger partial charge in [-0.25, -0.2) is 0 Å². The average Bonchev–Trinajstić information content (AvgIpc) is 2.76. The van der Waals surface area contributed by atoms with Crippen molar-refractivity contribution < 1.29 is 9.90 Å². The van der Waals surface area contributed by atoms with Crippen LogP contribution in [0.4, 0.5) is 0 Å². The highest BCUT2D eigenvalue weighted by Crippen LogP contribution is 2.18. The Hall–Kier alpha value is -1.62. The molecule has 1 amide bonds. The fourth-order valence-corrected chi connectivity index (χ4v) is 2.02. The van der Waals surface area contributed by atoms with Gasteiger partial charge in [-0.3, -0.25) is 9.59 Å². The third kappa shape index (κ3) is 1.99. The summed E-state index contributed by atoms with van der Waals surface area (Å²) < 4.78 is 0. The lowest BCUT2D eigenvalue weighted by Gasteiger charge is -2.22. The second-order valence-electron chi connectivity index (χ2n) is 3.91. The molecule has 86 valence electrons. The van der Waals surface area contributed by atoms with E-state index in [0.29, 0.717) is 6.54 Å². The van der Waals surface area contributed by atoms with E-state index in [4.69, 9.17) is 5.11 Å². The number of hydrogen-bond acceptors (Lipinski definition) is 3. The zero-order valence-corrected chi connectivity index (χ0v) is 8.85. The molecule has 1 saturated heterocycles. The number of likely N-dealkylation sites (tertiary alicyclic amines) is 1. The smallest absolute Gasteiger partial charge is 0.270 e. The number of pyridine rings is 1. The van der Waals surface area contributed by atoms with Crippen molar-refractivity contribution in [1.82, 2.24) is 9.88 Å². The van der Waals surface area contributed by atoms with Crippen LogP contribution < -0.4 is 5.56 Å². The minimum atomic E-state index is -0.286. The number of nitrogens with one attached hydrogen (secondary N) is 1. The zero-order chi connectivity index (χ0) is 11.5. The number of aromatic nitrogens is 1. The van der Waals surface area contributed by atoms with E-state index in [-0.39, 0.29) is 29.8 Å². The first-order valence-electron chi connectivity index (χ1n) is 5.33. The van der Waals surface area contributed by atoms with Crippen molar-refractivity contribution in [3.05, 3.63) is 34.2 Å². The predicted octanol–water partition coefficient (Wildman–Crippen LogP) is -0.0282. The molecule has 0 radical (unpaired) electrons. The van der Waals surface area contributed by atoms with Gasteiger partial charge in [-0.15, -0.1) is 0 Å². The first-order chi connectivity index (χ1) is 7.72. The SMILES string of the molecule is O=C(c1cccc(=O)[nH]1)N1CCCC1CO. The highest BCUT2D eigenvalue weighted by atomic mass is 16.3. The van der Waals surface area contributed by atoms with Crippen LogP contribution in [-0.4, -0.2) is 40.1 Å². The van der Waals surface area contributed by atoms with E-state index in [0.717, 1.165) is 12.8 Å². The fourth-order valence-electron chi connectivity index (χ4n) is 2.02. The number of aliphatic hydroxyl groups excluding tert-OH is 1. The maximum Gasteiger partial charge on any atom is 0.270 e. The Bertz CT molecular complexity index is 441. The number of rotatable bonds is 2. The molecule has 0 spiro atoms. The highest BCUT2D eigenvalue weighted by molar-refractivity contribution is 5.92. The van der Waals surface area contributed by atoms with Crippen molar-refractivity contribution in [3.8, 4) is 0 Å². The normalized spacial score (nSPS) is 20.1. The summed E-state index contributed by atoms with van der Waals surface area (Å²) in [4.78, 5) is 27.2. The molecule has 1 aromatic heterocycles. The third-order valence-corrected chi connectivity index (χ3v) is 2.85. The van der Waals surface area contributed by atoms with Gasteiger partial charge in [0.2, 0.25) is 5.56 Å². The monoisotopic (exact) mass is 222 g/mol. The Morgan fingerprint density at radius 3 is 3.06 bits per heavy atom. The van der Waals surface area contributed by atoms with E-state index >= 15 is 0 Å². The molecule has 1 aliphatic rings. The first-order valence-corrected chi connectivity index (χ1v) is 5.33. The Morgan fingerprint density at radius 2 is 2.38 bits per heavy atom. The molecule has 1 fully saturated rings. The van der Waals surface area contributed by atoms with Gasteiger partial charge in [-0.2, -0.15) is 0 Å². The second-order valence-corrected chi connectivity index (χ2v) is 3.91. The number of aromatic amines is 1. The molecule has 16 heavy (non-hydrogen) atoms. The summed E-state index contributed by atoms with van der Waals surface area (Å²) in [6, 6.07) is 4.38. The van der Waals surface area contributed by atoms with Crippen LogP contribution in [0.25, 0.3) is 0 Å². The molecule has 0 saturated carbocycles. The van der Waals surface area contributed by atoms with E-state index in [1.165, 1.54) is 6.07 Å². The molecule has 0 aliphatic carbocycles. The summed E-state index contributed by atoms with van der Waals surface area (Å²) in [5.41, 5.74) is -0.00144. The molecular formula is C11H14N2O3. The van der Waals surface area contributed by atoms with E-state index in [9.17, 15) is 9.59 Å². The van der Waals surface area contributed by atoms with Crippen LogP contribution in [0.3, 0.4) is 0 Å². The van der Waals surface area contributed by atoms with Gasteiger partial charge in [0.1, 0.15) is 5.69 Å². The van der Waals surface area contributed by atoms with Gasteiger partial charge >= 0.3 is 0 Å². The van der Waals surface area contributed by atoms with Crippen LogP contribution in [0.15, 0.2) is 23.0 Å². The largest absolute Gasteiger partial charge is 0.394 e. The van der Waals surface area contributed by atoms with Crippen LogP contribution in [-0.2, 0) is 0 Å². The zero-order valence-electron chi connectivity index (χ0n) is 8.85. The van der Waals surface area contributed by atoms with Crippen molar-refractivity contribution >= 4 is 5.91 Å². The lowest BCUT2D eigenvalue weighted by Crippen LogP contribution is -2.38. The number of carbonyl (C=O) groups is 1. The molecule has 1 unspecified atom stereocenters. The van der Waals surface area contributed by atoms with Gasteiger partial charge in [0, 0.05) is 12.6 Å². The minimum absolute atomic E-state index is 0.0250. The number of nitrogens with zero attached hydrogens (tertiary/aromatic N) is 1. The summed E-state index contributed by atoms with van der Waals surface area (Å²) in [7, 11) is 0. The van der Waals surface area contributed by atoms with E-state index in [1.807, 2.05) is 0 Å². The van der Waals surface area contributed by atoms with E-state index < -0.39 is 0 Å². The molecule has 2 N–H and O–H groups in total. The summed E-state index contributed by atoms with van der Waals surface area (Å²) in [6.45, 7) is 0.615. The topological polar surface area (TPSA) is 73.4 Å². The van der Waals surface area contributed by atoms with Gasteiger partial charge in [0.15, 0.2) is 0 Å². The lowest BCUT2D eigenvalue weighted by atomic mass is 10.2. The Labute approximate surface area is 92.7 Å². The number of H-pyrrole nitrogens is 1. The molecule has 5 heteroatoms. The Kier molecular flexibility index (Phi) is 3.05. The third-order valence-electron chi connectivity index (χ3n) is 2.85. The summed E-state index contributed by atoms with van der Waals surface area (Å²) in [5.74, 6) is -0.214. The maximum absolute atomic E-state index is 12.0. The van der Waals surface area contributed by atoms with Crippen molar-refractivity contribution in [2.45, 2.75) is 18.9 Å². The number of amides is 1. The summed E-state index contributed by atoms with van der Waals surface area (Å²) >= 11 is 0. The average molecular weight is 222 g/mol. The molecular weight excluding hydrogens is 208 g/mol.